The van der Waals surface area contributed by atoms with E-state index < -0.39 is 5.97 Å². The van der Waals surface area contributed by atoms with Gasteiger partial charge >= 0.3 is 5.97 Å². The van der Waals surface area contributed by atoms with E-state index in [1.165, 1.54) is 51.2 Å². The van der Waals surface area contributed by atoms with Crippen molar-refractivity contribution in [2.45, 2.75) is 43.9 Å². The number of halogens is 1. The predicted molar refractivity (Wildman–Crippen MR) is 140 cm³/mol. The number of pyridine rings is 1. The molecule has 4 aliphatic rings. The van der Waals surface area contributed by atoms with E-state index >= 15 is 0 Å². The van der Waals surface area contributed by atoms with Gasteiger partial charge in [0.1, 0.15) is 0 Å². The Bertz CT molecular complexity index is 1220. The summed E-state index contributed by atoms with van der Waals surface area (Å²) in [7, 11) is 1.35. The molecule has 0 spiro atoms. The van der Waals surface area contributed by atoms with E-state index in [0.717, 1.165) is 39.8 Å². The lowest BCUT2D eigenvalue weighted by atomic mass is 9.48. The van der Waals surface area contributed by atoms with Gasteiger partial charge in [0.2, 0.25) is 0 Å². The molecule has 2 aromatic carbocycles. The van der Waals surface area contributed by atoms with Crippen molar-refractivity contribution < 1.29 is 9.53 Å². The zero-order valence-electron chi connectivity index (χ0n) is 19.9. The largest absolute Gasteiger partial charge is 0.464 e. The number of benzene rings is 2. The molecule has 180 valence electrons. The second kappa shape index (κ2) is 8.87. The molecular weight excluding hydrogens is 458 g/mol. The molecule has 6 heteroatoms. The highest BCUT2D eigenvalue weighted by atomic mass is 35.5. The van der Waals surface area contributed by atoms with Gasteiger partial charge in [-0.3, -0.25) is 0 Å². The van der Waals surface area contributed by atoms with Crippen LogP contribution in [0.5, 0.6) is 0 Å². The molecule has 35 heavy (non-hydrogen) atoms. The first kappa shape index (κ1) is 22.4. The molecule has 4 saturated carbocycles. The Morgan fingerprint density at radius 2 is 1.51 bits per heavy atom. The number of esters is 1. The van der Waals surface area contributed by atoms with Crippen molar-refractivity contribution in [1.82, 2.24) is 4.98 Å². The minimum atomic E-state index is -0.474. The minimum Gasteiger partial charge on any atom is -0.464 e. The zero-order valence-corrected chi connectivity index (χ0v) is 20.6. The van der Waals surface area contributed by atoms with Crippen LogP contribution in [0.4, 0.5) is 22.7 Å². The summed E-state index contributed by atoms with van der Waals surface area (Å²) in [5.41, 5.74) is 5.34. The summed E-state index contributed by atoms with van der Waals surface area (Å²) < 4.78 is 4.82. The molecule has 0 atom stereocenters. The summed E-state index contributed by atoms with van der Waals surface area (Å²) in [5, 5.41) is 7.48. The molecule has 4 bridgehead atoms. The highest BCUT2D eigenvalue weighted by Gasteiger charge is 2.51. The summed E-state index contributed by atoms with van der Waals surface area (Å²) in [5.74, 6) is 2.28. The summed E-state index contributed by atoms with van der Waals surface area (Å²) in [4.78, 5) is 16.1. The van der Waals surface area contributed by atoms with Gasteiger partial charge in [-0.25, -0.2) is 9.78 Å². The molecule has 4 aliphatic carbocycles. The number of carbonyl (C=O) groups excluding carboxylic acids is 1. The summed E-state index contributed by atoms with van der Waals surface area (Å²) in [6, 6.07) is 18.1. The fourth-order valence-electron chi connectivity index (χ4n) is 7.12. The minimum absolute atomic E-state index is 0.253. The SMILES string of the molecule is COC(=O)c1ncccc1Nc1ccc(Nc2ccc(C34CC5CC(CC(C5)C3)C4)cc2Cl)cc1. The van der Waals surface area contributed by atoms with Gasteiger partial charge in [-0.15, -0.1) is 0 Å². The average molecular weight is 488 g/mol. The number of aromatic nitrogens is 1. The molecule has 0 saturated heterocycles. The molecular formula is C29H30ClN3O2. The Labute approximate surface area is 211 Å². The molecule has 0 aliphatic heterocycles. The lowest BCUT2D eigenvalue weighted by Gasteiger charge is -2.57. The first-order chi connectivity index (χ1) is 17.0. The van der Waals surface area contributed by atoms with Gasteiger partial charge in [0.05, 0.1) is 23.5 Å². The molecule has 4 fully saturated rings. The third-order valence-corrected chi connectivity index (χ3v) is 8.56. The van der Waals surface area contributed by atoms with Gasteiger partial charge in [-0.2, -0.15) is 0 Å². The van der Waals surface area contributed by atoms with Crippen molar-refractivity contribution in [1.29, 1.82) is 0 Å². The Morgan fingerprint density at radius 1 is 0.914 bits per heavy atom. The number of anilines is 4. The zero-order chi connectivity index (χ0) is 24.0. The second-order valence-electron chi connectivity index (χ2n) is 10.6. The van der Waals surface area contributed by atoms with Crippen LogP contribution in [0, 0.1) is 17.8 Å². The van der Waals surface area contributed by atoms with Gasteiger partial charge in [0.25, 0.3) is 0 Å². The monoisotopic (exact) mass is 487 g/mol. The maximum atomic E-state index is 12.0. The van der Waals surface area contributed by atoms with Crippen LogP contribution in [0.25, 0.3) is 0 Å². The Morgan fingerprint density at radius 3 is 2.09 bits per heavy atom. The van der Waals surface area contributed by atoms with Crippen LogP contribution < -0.4 is 10.6 Å². The molecule has 3 aromatic rings. The van der Waals surface area contributed by atoms with E-state index in [4.69, 9.17) is 16.3 Å². The topological polar surface area (TPSA) is 63.2 Å². The Kier molecular flexibility index (Phi) is 5.68. The Balaban J connectivity index is 1.16. The van der Waals surface area contributed by atoms with Crippen LogP contribution in [0.3, 0.4) is 0 Å². The normalized spacial score (nSPS) is 26.4. The number of hydrogen-bond donors (Lipinski definition) is 2. The molecule has 1 aromatic heterocycles. The molecule has 0 radical (unpaired) electrons. The van der Waals surface area contributed by atoms with Gasteiger partial charge < -0.3 is 15.4 Å². The van der Waals surface area contributed by atoms with Crippen molar-refractivity contribution in [3.05, 3.63) is 77.1 Å². The van der Waals surface area contributed by atoms with Crippen LogP contribution >= 0.6 is 11.6 Å². The molecule has 7 rings (SSSR count). The Hall–Kier alpha value is -3.05. The van der Waals surface area contributed by atoms with Gasteiger partial charge in [-0.05, 0) is 116 Å². The third-order valence-electron chi connectivity index (χ3n) is 8.25. The molecule has 1 heterocycles. The van der Waals surface area contributed by atoms with Crippen LogP contribution in [0.1, 0.15) is 54.6 Å². The van der Waals surface area contributed by atoms with Crippen LogP contribution in [0.2, 0.25) is 5.02 Å². The number of carbonyl (C=O) groups is 1. The lowest BCUT2D eigenvalue weighted by Crippen LogP contribution is -2.48. The van der Waals surface area contributed by atoms with Crippen molar-refractivity contribution in [3.63, 3.8) is 0 Å². The van der Waals surface area contributed by atoms with Gasteiger partial charge in [0, 0.05) is 17.6 Å². The summed E-state index contributed by atoms with van der Waals surface area (Å²) in [6.07, 6.45) is 9.93. The standard InChI is InChI=1S/C29H30ClN3O2/c1-35-28(34)27-26(3-2-10-31-27)33-23-7-5-22(6-8-23)32-25-9-4-21(14-24(25)30)29-15-18-11-19(16-29)13-20(12-18)17-29/h2-10,14,18-20,32-33H,11-13,15-17H2,1H3. The molecule has 0 unspecified atom stereocenters. The fraction of sp³-hybridized carbons (Fsp3) is 0.379. The number of hydrogen-bond acceptors (Lipinski definition) is 5. The van der Waals surface area contributed by atoms with Crippen molar-refractivity contribution >= 4 is 40.3 Å². The number of nitrogens with zero attached hydrogens (tertiary/aromatic N) is 1. The highest BCUT2D eigenvalue weighted by Crippen LogP contribution is 2.61. The van der Waals surface area contributed by atoms with Crippen molar-refractivity contribution in [2.75, 3.05) is 17.7 Å². The fourth-order valence-corrected chi connectivity index (χ4v) is 7.35. The molecule has 0 amide bonds. The van der Waals surface area contributed by atoms with Crippen LogP contribution in [-0.4, -0.2) is 18.1 Å². The van der Waals surface area contributed by atoms with E-state index in [1.54, 1.807) is 18.3 Å². The van der Waals surface area contributed by atoms with E-state index in [9.17, 15) is 4.79 Å². The van der Waals surface area contributed by atoms with Gasteiger partial charge in [-0.1, -0.05) is 17.7 Å². The first-order valence-electron chi connectivity index (χ1n) is 12.5. The maximum absolute atomic E-state index is 12.0. The number of nitrogens with one attached hydrogen (secondary N) is 2. The summed E-state index contributed by atoms with van der Waals surface area (Å²) in [6.45, 7) is 0. The maximum Gasteiger partial charge on any atom is 0.358 e. The molecule has 5 nitrogen and oxygen atoms in total. The van der Waals surface area contributed by atoms with E-state index in [0.29, 0.717) is 11.1 Å². The quantitative estimate of drug-likeness (QED) is 0.353. The van der Waals surface area contributed by atoms with E-state index in [1.807, 2.05) is 24.3 Å². The second-order valence-corrected chi connectivity index (χ2v) is 11.0. The smallest absolute Gasteiger partial charge is 0.358 e. The lowest BCUT2D eigenvalue weighted by molar-refractivity contribution is -0.00517. The predicted octanol–water partition coefficient (Wildman–Crippen LogP) is 7.48. The highest BCUT2D eigenvalue weighted by molar-refractivity contribution is 6.33. The van der Waals surface area contributed by atoms with E-state index in [2.05, 4.69) is 33.8 Å². The van der Waals surface area contributed by atoms with Gasteiger partial charge in [0.15, 0.2) is 5.69 Å². The third kappa shape index (κ3) is 4.27. The number of ether oxygens (including phenoxy) is 1. The number of methoxy groups -OCH3 is 1. The first-order valence-corrected chi connectivity index (χ1v) is 12.9. The molecule has 2 N–H and O–H groups in total. The summed E-state index contributed by atoms with van der Waals surface area (Å²) >= 11 is 6.79. The van der Waals surface area contributed by atoms with Crippen molar-refractivity contribution in [3.8, 4) is 0 Å². The number of rotatable bonds is 6. The van der Waals surface area contributed by atoms with Crippen LogP contribution in [-0.2, 0) is 10.2 Å². The van der Waals surface area contributed by atoms with E-state index in [-0.39, 0.29) is 5.69 Å². The van der Waals surface area contributed by atoms with Crippen molar-refractivity contribution in [2.24, 2.45) is 17.8 Å². The average Bonchev–Trinajstić information content (AvgIpc) is 2.85. The van der Waals surface area contributed by atoms with Crippen LogP contribution in [0.15, 0.2) is 60.8 Å².